The summed E-state index contributed by atoms with van der Waals surface area (Å²) >= 11 is 0. The summed E-state index contributed by atoms with van der Waals surface area (Å²) in [5.41, 5.74) is 5.52. The zero-order valence-electron chi connectivity index (χ0n) is 12.4. The van der Waals surface area contributed by atoms with E-state index in [-0.39, 0.29) is 0 Å². The standard InChI is InChI=1S/C19H21NO/c1-13-6-8-18(17-5-3-2-4-16(13)17)20-15-7-9-19-14(12-15)10-11-21-19/h2-5,7,9,12-13,18,20H,6,8,10-11H2,1H3. The van der Waals surface area contributed by atoms with Gasteiger partial charge in [0, 0.05) is 12.1 Å². The molecule has 2 nitrogen and oxygen atoms in total. The average Bonchev–Trinajstić information content (AvgIpc) is 2.98. The first-order valence-electron chi connectivity index (χ1n) is 7.92. The molecule has 2 aromatic rings. The Kier molecular flexibility index (Phi) is 3.10. The van der Waals surface area contributed by atoms with Gasteiger partial charge >= 0.3 is 0 Å². The Balaban J connectivity index is 1.62. The zero-order valence-corrected chi connectivity index (χ0v) is 12.4. The number of benzene rings is 2. The van der Waals surface area contributed by atoms with Gasteiger partial charge in [0.1, 0.15) is 5.75 Å². The lowest BCUT2D eigenvalue weighted by Crippen LogP contribution is -2.19. The Morgan fingerprint density at radius 3 is 2.81 bits per heavy atom. The van der Waals surface area contributed by atoms with E-state index >= 15 is 0 Å². The van der Waals surface area contributed by atoms with Crippen LogP contribution < -0.4 is 10.1 Å². The summed E-state index contributed by atoms with van der Waals surface area (Å²) in [5, 5.41) is 3.73. The van der Waals surface area contributed by atoms with Crippen LogP contribution in [0.1, 0.15) is 48.4 Å². The summed E-state index contributed by atoms with van der Waals surface area (Å²) in [5.74, 6) is 1.73. The molecular formula is C19H21NO. The van der Waals surface area contributed by atoms with Gasteiger partial charge in [-0.1, -0.05) is 31.2 Å². The van der Waals surface area contributed by atoms with Crippen LogP contribution in [0.5, 0.6) is 5.75 Å². The van der Waals surface area contributed by atoms with Crippen LogP contribution in [-0.2, 0) is 6.42 Å². The quantitative estimate of drug-likeness (QED) is 0.862. The predicted molar refractivity (Wildman–Crippen MR) is 86.1 cm³/mol. The van der Waals surface area contributed by atoms with E-state index in [4.69, 9.17) is 4.74 Å². The van der Waals surface area contributed by atoms with E-state index in [1.165, 1.54) is 35.2 Å². The molecule has 0 aromatic heterocycles. The Hall–Kier alpha value is -1.96. The molecule has 0 amide bonds. The third-order valence-corrected chi connectivity index (χ3v) is 4.82. The maximum absolute atomic E-state index is 5.59. The van der Waals surface area contributed by atoms with Gasteiger partial charge in [0.15, 0.2) is 0 Å². The van der Waals surface area contributed by atoms with Crippen molar-refractivity contribution in [3.05, 3.63) is 59.2 Å². The fourth-order valence-electron chi connectivity index (χ4n) is 3.63. The van der Waals surface area contributed by atoms with E-state index < -0.39 is 0 Å². The Morgan fingerprint density at radius 2 is 1.90 bits per heavy atom. The molecule has 108 valence electrons. The maximum atomic E-state index is 5.59. The number of fused-ring (bicyclic) bond motifs is 2. The van der Waals surface area contributed by atoms with Crippen molar-refractivity contribution in [3.63, 3.8) is 0 Å². The molecule has 21 heavy (non-hydrogen) atoms. The van der Waals surface area contributed by atoms with Gasteiger partial charge in [0.2, 0.25) is 0 Å². The maximum Gasteiger partial charge on any atom is 0.122 e. The summed E-state index contributed by atoms with van der Waals surface area (Å²) in [4.78, 5) is 0. The molecule has 0 saturated heterocycles. The van der Waals surface area contributed by atoms with Gasteiger partial charge in [-0.05, 0) is 53.6 Å². The van der Waals surface area contributed by atoms with Crippen molar-refractivity contribution in [1.29, 1.82) is 0 Å². The first kappa shape index (κ1) is 12.8. The lowest BCUT2D eigenvalue weighted by molar-refractivity contribution is 0.357. The lowest BCUT2D eigenvalue weighted by Gasteiger charge is -2.31. The van der Waals surface area contributed by atoms with Crippen LogP contribution in [0.3, 0.4) is 0 Å². The third-order valence-electron chi connectivity index (χ3n) is 4.82. The lowest BCUT2D eigenvalue weighted by atomic mass is 9.81. The van der Waals surface area contributed by atoms with Crippen molar-refractivity contribution in [2.24, 2.45) is 0 Å². The number of ether oxygens (including phenoxy) is 1. The van der Waals surface area contributed by atoms with E-state index in [0.717, 1.165) is 18.8 Å². The largest absolute Gasteiger partial charge is 0.493 e. The van der Waals surface area contributed by atoms with Crippen LogP contribution in [0.4, 0.5) is 5.69 Å². The van der Waals surface area contributed by atoms with Gasteiger partial charge in [-0.15, -0.1) is 0 Å². The number of nitrogens with one attached hydrogen (secondary N) is 1. The first-order valence-corrected chi connectivity index (χ1v) is 7.92. The van der Waals surface area contributed by atoms with Crippen molar-refractivity contribution in [3.8, 4) is 5.75 Å². The Labute approximate surface area is 126 Å². The minimum Gasteiger partial charge on any atom is -0.493 e. The molecule has 4 rings (SSSR count). The number of anilines is 1. The van der Waals surface area contributed by atoms with Gasteiger partial charge in [-0.3, -0.25) is 0 Å². The SMILES string of the molecule is CC1CCC(Nc2ccc3c(c2)CCO3)c2ccccc21. The van der Waals surface area contributed by atoms with E-state index in [0.29, 0.717) is 12.0 Å². The Morgan fingerprint density at radius 1 is 1.05 bits per heavy atom. The van der Waals surface area contributed by atoms with Crippen molar-refractivity contribution in [2.45, 2.75) is 38.1 Å². The monoisotopic (exact) mass is 279 g/mol. The second-order valence-electron chi connectivity index (χ2n) is 6.23. The number of hydrogen-bond donors (Lipinski definition) is 1. The number of hydrogen-bond acceptors (Lipinski definition) is 2. The minimum absolute atomic E-state index is 0.428. The van der Waals surface area contributed by atoms with Gasteiger partial charge in [0.05, 0.1) is 12.6 Å². The van der Waals surface area contributed by atoms with Crippen LogP contribution in [0.2, 0.25) is 0 Å². The molecule has 0 radical (unpaired) electrons. The highest BCUT2D eigenvalue weighted by Gasteiger charge is 2.24. The first-order chi connectivity index (χ1) is 10.3. The van der Waals surface area contributed by atoms with Crippen molar-refractivity contribution in [2.75, 3.05) is 11.9 Å². The van der Waals surface area contributed by atoms with Crippen LogP contribution in [0.25, 0.3) is 0 Å². The highest BCUT2D eigenvalue weighted by Crippen LogP contribution is 2.39. The molecule has 2 aromatic carbocycles. The van der Waals surface area contributed by atoms with E-state index in [9.17, 15) is 0 Å². The Bertz CT molecular complexity index is 664. The molecule has 0 fully saturated rings. The average molecular weight is 279 g/mol. The second kappa shape index (κ2) is 5.10. The van der Waals surface area contributed by atoms with Gasteiger partial charge in [-0.25, -0.2) is 0 Å². The fourth-order valence-corrected chi connectivity index (χ4v) is 3.63. The minimum atomic E-state index is 0.428. The van der Waals surface area contributed by atoms with Crippen molar-refractivity contribution in [1.82, 2.24) is 0 Å². The molecule has 1 aliphatic heterocycles. The van der Waals surface area contributed by atoms with Crippen LogP contribution in [0, 0.1) is 0 Å². The zero-order chi connectivity index (χ0) is 14.2. The number of rotatable bonds is 2. The molecule has 0 bridgehead atoms. The van der Waals surface area contributed by atoms with Gasteiger partial charge in [-0.2, -0.15) is 0 Å². The van der Waals surface area contributed by atoms with Gasteiger partial charge in [0.25, 0.3) is 0 Å². The molecule has 0 spiro atoms. The highest BCUT2D eigenvalue weighted by molar-refractivity contribution is 5.54. The molecule has 2 aliphatic rings. The summed E-state index contributed by atoms with van der Waals surface area (Å²) in [6.07, 6.45) is 3.48. The normalized spacial score (nSPS) is 23.1. The van der Waals surface area contributed by atoms with Crippen LogP contribution in [-0.4, -0.2) is 6.61 Å². The molecule has 0 saturated carbocycles. The van der Waals surface area contributed by atoms with E-state index in [2.05, 4.69) is 54.7 Å². The predicted octanol–water partition coefficient (Wildman–Crippen LogP) is 4.67. The fraction of sp³-hybridized carbons (Fsp3) is 0.368. The third kappa shape index (κ3) is 2.29. The molecule has 1 aliphatic carbocycles. The van der Waals surface area contributed by atoms with Crippen molar-refractivity contribution < 1.29 is 4.74 Å². The van der Waals surface area contributed by atoms with Gasteiger partial charge < -0.3 is 10.1 Å². The second-order valence-corrected chi connectivity index (χ2v) is 6.23. The topological polar surface area (TPSA) is 21.3 Å². The molecular weight excluding hydrogens is 258 g/mol. The van der Waals surface area contributed by atoms with E-state index in [1.807, 2.05) is 0 Å². The summed E-state index contributed by atoms with van der Waals surface area (Å²) < 4.78 is 5.59. The summed E-state index contributed by atoms with van der Waals surface area (Å²) in [6.45, 7) is 3.16. The summed E-state index contributed by atoms with van der Waals surface area (Å²) in [6, 6.07) is 15.8. The van der Waals surface area contributed by atoms with Crippen LogP contribution in [0.15, 0.2) is 42.5 Å². The molecule has 1 heterocycles. The van der Waals surface area contributed by atoms with Crippen molar-refractivity contribution >= 4 is 5.69 Å². The van der Waals surface area contributed by atoms with E-state index in [1.54, 1.807) is 0 Å². The molecule has 2 atom stereocenters. The smallest absolute Gasteiger partial charge is 0.122 e. The highest BCUT2D eigenvalue weighted by atomic mass is 16.5. The summed E-state index contributed by atoms with van der Waals surface area (Å²) in [7, 11) is 0. The molecule has 2 unspecified atom stereocenters. The molecule has 2 heteroatoms. The van der Waals surface area contributed by atoms with Crippen LogP contribution >= 0.6 is 0 Å². The molecule has 1 N–H and O–H groups in total.